The molecule has 80 valence electrons. The smallest absolute Gasteiger partial charge is 0.333 e. The average Bonchev–Trinajstić information content (AvgIpc) is 2.51. The maximum atomic E-state index is 11.0. The zero-order chi connectivity index (χ0) is 10.6. The second-order valence-electron chi connectivity index (χ2n) is 3.76. The first-order chi connectivity index (χ1) is 6.59. The molecule has 0 atom stereocenters. The number of carbonyl (C=O) groups is 1. The average molecular weight is 198 g/mol. The van der Waals surface area contributed by atoms with Gasteiger partial charge in [-0.3, -0.25) is 9.80 Å². The minimum absolute atomic E-state index is 0.294. The van der Waals surface area contributed by atoms with Gasteiger partial charge in [0.05, 0.1) is 6.67 Å². The summed E-state index contributed by atoms with van der Waals surface area (Å²) in [5.74, 6) is -0.294. The van der Waals surface area contributed by atoms with Crippen LogP contribution in [0.25, 0.3) is 0 Å². The zero-order valence-corrected chi connectivity index (χ0v) is 8.95. The van der Waals surface area contributed by atoms with E-state index >= 15 is 0 Å². The summed E-state index contributed by atoms with van der Waals surface area (Å²) in [7, 11) is 2.08. The number of likely N-dealkylation sites (N-methyl/N-ethyl adjacent to an activating group) is 1. The van der Waals surface area contributed by atoms with Crippen molar-refractivity contribution in [2.24, 2.45) is 0 Å². The van der Waals surface area contributed by atoms with Crippen molar-refractivity contribution in [2.45, 2.75) is 6.92 Å². The fourth-order valence-corrected chi connectivity index (χ4v) is 1.37. The monoisotopic (exact) mass is 198 g/mol. The van der Waals surface area contributed by atoms with Crippen LogP contribution >= 0.6 is 0 Å². The molecule has 0 bridgehead atoms. The third-order valence-corrected chi connectivity index (χ3v) is 2.23. The molecule has 0 saturated carbocycles. The van der Waals surface area contributed by atoms with E-state index in [1.807, 2.05) is 0 Å². The van der Waals surface area contributed by atoms with E-state index in [4.69, 9.17) is 4.74 Å². The first-order valence-corrected chi connectivity index (χ1v) is 4.83. The van der Waals surface area contributed by atoms with Gasteiger partial charge in [-0.15, -0.1) is 0 Å². The highest BCUT2D eigenvalue weighted by Gasteiger charge is 2.15. The Morgan fingerprint density at radius 2 is 2.21 bits per heavy atom. The van der Waals surface area contributed by atoms with Gasteiger partial charge in [0.1, 0.15) is 6.61 Å². The third kappa shape index (κ3) is 3.47. The highest BCUT2D eigenvalue weighted by atomic mass is 16.5. The summed E-state index contributed by atoms with van der Waals surface area (Å²) >= 11 is 0. The molecule has 0 spiro atoms. The normalized spacial score (nSPS) is 18.4. The van der Waals surface area contributed by atoms with Crippen molar-refractivity contribution in [3.05, 3.63) is 12.2 Å². The van der Waals surface area contributed by atoms with Crippen LogP contribution in [0.2, 0.25) is 0 Å². The molecule has 1 fully saturated rings. The summed E-state index contributed by atoms with van der Waals surface area (Å²) in [5.41, 5.74) is 0.462. The van der Waals surface area contributed by atoms with Gasteiger partial charge in [0, 0.05) is 25.2 Å². The minimum Gasteiger partial charge on any atom is -0.461 e. The lowest BCUT2D eigenvalue weighted by molar-refractivity contribution is -0.139. The number of carbonyl (C=O) groups excluding carboxylic acids is 1. The molecular weight excluding hydrogens is 180 g/mol. The molecule has 0 aromatic carbocycles. The Labute approximate surface area is 85.1 Å². The second kappa shape index (κ2) is 5.12. The van der Waals surface area contributed by atoms with E-state index in [9.17, 15) is 4.79 Å². The predicted molar refractivity (Wildman–Crippen MR) is 54.8 cm³/mol. The molecule has 1 saturated heterocycles. The first kappa shape index (κ1) is 11.2. The Hall–Kier alpha value is -0.870. The van der Waals surface area contributed by atoms with Crippen LogP contribution in [0, 0.1) is 0 Å². The van der Waals surface area contributed by atoms with Crippen molar-refractivity contribution in [1.29, 1.82) is 0 Å². The van der Waals surface area contributed by atoms with Gasteiger partial charge in [0.2, 0.25) is 0 Å². The third-order valence-electron chi connectivity index (χ3n) is 2.23. The largest absolute Gasteiger partial charge is 0.461 e. The molecule has 0 amide bonds. The van der Waals surface area contributed by atoms with Crippen LogP contribution < -0.4 is 0 Å². The number of rotatable bonds is 4. The van der Waals surface area contributed by atoms with Crippen molar-refractivity contribution < 1.29 is 9.53 Å². The molecule has 1 rings (SSSR count). The van der Waals surface area contributed by atoms with Gasteiger partial charge < -0.3 is 4.74 Å². The maximum Gasteiger partial charge on any atom is 0.333 e. The molecule has 4 nitrogen and oxygen atoms in total. The highest BCUT2D eigenvalue weighted by Crippen LogP contribution is 2.01. The Balaban J connectivity index is 2.10. The van der Waals surface area contributed by atoms with Crippen LogP contribution in [0.15, 0.2) is 12.2 Å². The molecule has 1 heterocycles. The summed E-state index contributed by atoms with van der Waals surface area (Å²) in [6.45, 7) is 9.56. The molecule has 1 aliphatic rings. The Kier molecular flexibility index (Phi) is 4.10. The van der Waals surface area contributed by atoms with Crippen LogP contribution in [0.4, 0.5) is 0 Å². The summed E-state index contributed by atoms with van der Waals surface area (Å²) in [6, 6.07) is 0. The van der Waals surface area contributed by atoms with Crippen LogP contribution in [0.3, 0.4) is 0 Å². The molecular formula is C10H18N2O2. The number of ether oxygens (including phenoxy) is 1. The summed E-state index contributed by atoms with van der Waals surface area (Å²) in [5, 5.41) is 0. The lowest BCUT2D eigenvalue weighted by Gasteiger charge is -2.14. The van der Waals surface area contributed by atoms with Gasteiger partial charge in [-0.2, -0.15) is 0 Å². The molecule has 0 aromatic rings. The molecule has 0 aromatic heterocycles. The molecule has 0 N–H and O–H groups in total. The number of nitrogens with zero attached hydrogens (tertiary/aromatic N) is 2. The van der Waals surface area contributed by atoms with Crippen molar-refractivity contribution in [3.63, 3.8) is 0 Å². The van der Waals surface area contributed by atoms with Crippen molar-refractivity contribution in [1.82, 2.24) is 9.80 Å². The molecule has 0 aliphatic carbocycles. The van der Waals surface area contributed by atoms with Gasteiger partial charge in [-0.05, 0) is 14.0 Å². The van der Waals surface area contributed by atoms with Crippen molar-refractivity contribution in [2.75, 3.05) is 40.0 Å². The van der Waals surface area contributed by atoms with E-state index in [1.54, 1.807) is 6.92 Å². The van der Waals surface area contributed by atoms with Crippen LogP contribution in [-0.4, -0.2) is 55.7 Å². The molecule has 14 heavy (non-hydrogen) atoms. The van der Waals surface area contributed by atoms with E-state index in [-0.39, 0.29) is 5.97 Å². The number of hydrogen-bond donors (Lipinski definition) is 0. The quantitative estimate of drug-likeness (QED) is 0.481. The Morgan fingerprint density at radius 3 is 2.71 bits per heavy atom. The molecule has 0 unspecified atom stereocenters. The Bertz CT molecular complexity index is 228. The fourth-order valence-electron chi connectivity index (χ4n) is 1.37. The topological polar surface area (TPSA) is 32.8 Å². The van der Waals surface area contributed by atoms with E-state index in [0.29, 0.717) is 12.2 Å². The molecule has 4 heteroatoms. The van der Waals surface area contributed by atoms with E-state index in [1.165, 1.54) is 0 Å². The SMILES string of the molecule is C=C(C)C(=O)OCCN1CCN(C)C1. The zero-order valence-electron chi connectivity index (χ0n) is 8.95. The van der Waals surface area contributed by atoms with E-state index in [0.717, 1.165) is 26.3 Å². The number of hydrogen-bond acceptors (Lipinski definition) is 4. The molecule has 0 radical (unpaired) electrons. The Morgan fingerprint density at radius 1 is 1.50 bits per heavy atom. The predicted octanol–water partition coefficient (Wildman–Crippen LogP) is 0.311. The van der Waals surface area contributed by atoms with Crippen LogP contribution in [0.1, 0.15) is 6.92 Å². The lowest BCUT2D eigenvalue weighted by atomic mass is 10.4. The van der Waals surface area contributed by atoms with Gasteiger partial charge in [0.15, 0.2) is 0 Å². The van der Waals surface area contributed by atoms with Crippen molar-refractivity contribution in [3.8, 4) is 0 Å². The fraction of sp³-hybridized carbons (Fsp3) is 0.700. The number of esters is 1. The minimum atomic E-state index is -0.294. The van der Waals surface area contributed by atoms with E-state index < -0.39 is 0 Å². The van der Waals surface area contributed by atoms with Gasteiger partial charge in [0.25, 0.3) is 0 Å². The highest BCUT2D eigenvalue weighted by molar-refractivity contribution is 5.86. The van der Waals surface area contributed by atoms with Crippen LogP contribution in [-0.2, 0) is 9.53 Å². The standard InChI is InChI=1S/C10H18N2O2/c1-9(2)10(13)14-7-6-12-5-4-11(3)8-12/h1,4-8H2,2-3H3. The van der Waals surface area contributed by atoms with Crippen LogP contribution in [0.5, 0.6) is 0 Å². The maximum absolute atomic E-state index is 11.0. The van der Waals surface area contributed by atoms with E-state index in [2.05, 4.69) is 23.4 Å². The molecule has 1 aliphatic heterocycles. The van der Waals surface area contributed by atoms with Gasteiger partial charge in [-0.1, -0.05) is 6.58 Å². The second-order valence-corrected chi connectivity index (χ2v) is 3.76. The lowest BCUT2D eigenvalue weighted by Crippen LogP contribution is -2.27. The van der Waals surface area contributed by atoms with Gasteiger partial charge >= 0.3 is 5.97 Å². The van der Waals surface area contributed by atoms with Crippen molar-refractivity contribution >= 4 is 5.97 Å². The van der Waals surface area contributed by atoms with Gasteiger partial charge in [-0.25, -0.2) is 4.79 Å². The summed E-state index contributed by atoms with van der Waals surface area (Å²) in [6.07, 6.45) is 0. The summed E-state index contributed by atoms with van der Waals surface area (Å²) < 4.78 is 5.00. The first-order valence-electron chi connectivity index (χ1n) is 4.83. The summed E-state index contributed by atoms with van der Waals surface area (Å²) in [4.78, 5) is 15.5.